The van der Waals surface area contributed by atoms with Crippen LogP contribution in [-0.2, 0) is 28.6 Å². The fraction of sp³-hybridized carbons (Fsp3) is 0.795. The number of hydrogen-bond acceptors (Lipinski definition) is 6. The van der Waals surface area contributed by atoms with Crippen molar-refractivity contribution in [3.8, 4) is 0 Å². The molecule has 0 bridgehead atoms. The third-order valence-electron chi connectivity index (χ3n) is 8.91. The number of unbranched alkanes of at least 4 members (excludes halogenated alkanes) is 20. The molecule has 290 valence electrons. The van der Waals surface area contributed by atoms with Crippen molar-refractivity contribution >= 4 is 17.9 Å². The van der Waals surface area contributed by atoms with Crippen LogP contribution in [0.4, 0.5) is 0 Å². The van der Waals surface area contributed by atoms with Gasteiger partial charge in [-0.3, -0.25) is 14.4 Å². The Labute approximate surface area is 308 Å². The minimum absolute atomic E-state index is 0.0895. The van der Waals surface area contributed by atoms with Gasteiger partial charge in [0.05, 0.1) is 0 Å². The van der Waals surface area contributed by atoms with Crippen LogP contribution in [0.3, 0.4) is 0 Å². The van der Waals surface area contributed by atoms with E-state index in [9.17, 15) is 14.4 Å². The van der Waals surface area contributed by atoms with Crippen LogP contribution in [0.5, 0.6) is 0 Å². The molecule has 0 aliphatic carbocycles. The van der Waals surface area contributed by atoms with E-state index in [4.69, 9.17) is 14.2 Å². The highest BCUT2D eigenvalue weighted by atomic mass is 16.6. The van der Waals surface area contributed by atoms with E-state index in [-0.39, 0.29) is 37.5 Å². The standard InChI is InChI=1S/C44H78O6/c1-4-7-10-13-16-19-21-23-25-28-31-34-37-43(46)49-40-41(39-48-42(45)36-33-30-27-24-18-15-12-9-6-3)50-44(47)38-35-32-29-26-22-20-17-14-11-8-5-2/h8,11,17,20,26,29,41H,4-7,9-10,12-16,18-19,21-25,27-28,30-40H2,1-3H3/b11-8-,20-17-,29-26-. The van der Waals surface area contributed by atoms with Gasteiger partial charge in [-0.05, 0) is 44.9 Å². The Bertz CT molecular complexity index is 861. The van der Waals surface area contributed by atoms with Crippen molar-refractivity contribution in [3.63, 3.8) is 0 Å². The average Bonchev–Trinajstić information content (AvgIpc) is 3.11. The molecule has 0 saturated carbocycles. The molecule has 0 aromatic rings. The molecule has 0 aliphatic rings. The molecule has 6 heteroatoms. The summed E-state index contributed by atoms with van der Waals surface area (Å²) >= 11 is 0. The quantitative estimate of drug-likeness (QED) is 0.0277. The zero-order valence-corrected chi connectivity index (χ0v) is 32.9. The molecule has 0 saturated heterocycles. The minimum Gasteiger partial charge on any atom is -0.462 e. The van der Waals surface area contributed by atoms with E-state index >= 15 is 0 Å². The van der Waals surface area contributed by atoms with Crippen LogP contribution in [0.15, 0.2) is 36.5 Å². The third-order valence-corrected chi connectivity index (χ3v) is 8.91. The molecule has 0 spiro atoms. The summed E-state index contributed by atoms with van der Waals surface area (Å²) in [5, 5.41) is 0. The van der Waals surface area contributed by atoms with Gasteiger partial charge < -0.3 is 14.2 Å². The Morgan fingerprint density at radius 3 is 1.20 bits per heavy atom. The molecule has 0 aliphatic heterocycles. The second kappa shape index (κ2) is 39.4. The molecule has 1 unspecified atom stereocenters. The number of esters is 3. The fourth-order valence-electron chi connectivity index (χ4n) is 5.76. The molecule has 0 heterocycles. The molecule has 50 heavy (non-hydrogen) atoms. The summed E-state index contributed by atoms with van der Waals surface area (Å²) < 4.78 is 16.6. The summed E-state index contributed by atoms with van der Waals surface area (Å²) in [6.45, 7) is 6.43. The van der Waals surface area contributed by atoms with E-state index < -0.39 is 6.10 Å². The lowest BCUT2D eigenvalue weighted by atomic mass is 10.0. The van der Waals surface area contributed by atoms with Crippen LogP contribution in [-0.4, -0.2) is 37.2 Å². The van der Waals surface area contributed by atoms with Crippen LogP contribution >= 0.6 is 0 Å². The second-order valence-electron chi connectivity index (χ2n) is 13.9. The zero-order valence-electron chi connectivity index (χ0n) is 32.9. The minimum atomic E-state index is -0.789. The number of allylic oxidation sites excluding steroid dienone is 6. The molecule has 0 rings (SSSR count). The second-order valence-corrected chi connectivity index (χ2v) is 13.9. The molecule has 0 N–H and O–H groups in total. The van der Waals surface area contributed by atoms with Crippen molar-refractivity contribution in [2.45, 2.75) is 213 Å². The van der Waals surface area contributed by atoms with E-state index in [1.807, 2.05) is 0 Å². The van der Waals surface area contributed by atoms with E-state index in [0.29, 0.717) is 19.3 Å². The van der Waals surface area contributed by atoms with Crippen molar-refractivity contribution in [1.29, 1.82) is 0 Å². The van der Waals surface area contributed by atoms with Gasteiger partial charge in [0.15, 0.2) is 6.10 Å². The van der Waals surface area contributed by atoms with Gasteiger partial charge in [-0.1, -0.05) is 179 Å². The van der Waals surface area contributed by atoms with Crippen molar-refractivity contribution in [3.05, 3.63) is 36.5 Å². The predicted molar refractivity (Wildman–Crippen MR) is 210 cm³/mol. The maximum Gasteiger partial charge on any atom is 0.306 e. The first-order chi connectivity index (χ1) is 24.5. The van der Waals surface area contributed by atoms with Gasteiger partial charge >= 0.3 is 17.9 Å². The summed E-state index contributed by atoms with van der Waals surface area (Å²) in [5.41, 5.74) is 0. The van der Waals surface area contributed by atoms with Crippen LogP contribution in [0.2, 0.25) is 0 Å². The van der Waals surface area contributed by atoms with Crippen LogP contribution in [0.25, 0.3) is 0 Å². The molecule has 0 radical (unpaired) electrons. The lowest BCUT2D eigenvalue weighted by Crippen LogP contribution is -2.30. The predicted octanol–water partition coefficient (Wildman–Crippen LogP) is 13.0. The Hall–Kier alpha value is -2.37. The van der Waals surface area contributed by atoms with Crippen molar-refractivity contribution in [1.82, 2.24) is 0 Å². The Morgan fingerprint density at radius 1 is 0.420 bits per heavy atom. The monoisotopic (exact) mass is 703 g/mol. The first kappa shape index (κ1) is 47.6. The molecule has 0 aromatic heterocycles. The smallest absolute Gasteiger partial charge is 0.306 e. The van der Waals surface area contributed by atoms with Crippen molar-refractivity contribution < 1.29 is 28.6 Å². The summed E-state index contributed by atoms with van der Waals surface area (Å²) in [5.74, 6) is -0.949. The highest BCUT2D eigenvalue weighted by Gasteiger charge is 2.19. The van der Waals surface area contributed by atoms with Gasteiger partial charge in [-0.2, -0.15) is 0 Å². The summed E-state index contributed by atoms with van der Waals surface area (Å²) in [6, 6.07) is 0. The molecule has 1 atom stereocenters. The molecular formula is C44H78O6. The van der Waals surface area contributed by atoms with Gasteiger partial charge in [0.1, 0.15) is 13.2 Å². The van der Waals surface area contributed by atoms with Crippen LogP contribution in [0.1, 0.15) is 207 Å². The van der Waals surface area contributed by atoms with Gasteiger partial charge in [0.25, 0.3) is 0 Å². The normalized spacial score (nSPS) is 12.3. The Balaban J connectivity index is 4.42. The summed E-state index contributed by atoms with van der Waals surface area (Å²) in [6.07, 6.45) is 42.8. The van der Waals surface area contributed by atoms with E-state index in [1.54, 1.807) is 0 Å². The molecule has 0 aromatic carbocycles. The van der Waals surface area contributed by atoms with Crippen molar-refractivity contribution in [2.75, 3.05) is 13.2 Å². The molecule has 6 nitrogen and oxygen atoms in total. The van der Waals surface area contributed by atoms with Gasteiger partial charge in [0, 0.05) is 19.3 Å². The summed E-state index contributed by atoms with van der Waals surface area (Å²) in [4.78, 5) is 37.5. The van der Waals surface area contributed by atoms with Crippen LogP contribution < -0.4 is 0 Å². The highest BCUT2D eigenvalue weighted by Crippen LogP contribution is 2.14. The number of hydrogen-bond donors (Lipinski definition) is 0. The van der Waals surface area contributed by atoms with E-state index in [0.717, 1.165) is 64.2 Å². The molecule has 0 fully saturated rings. The third kappa shape index (κ3) is 36.9. The van der Waals surface area contributed by atoms with Gasteiger partial charge in [0.2, 0.25) is 0 Å². The number of carbonyl (C=O) groups excluding carboxylic acids is 3. The average molecular weight is 703 g/mol. The maximum atomic E-state index is 12.6. The Morgan fingerprint density at radius 2 is 0.780 bits per heavy atom. The van der Waals surface area contributed by atoms with Crippen molar-refractivity contribution in [2.24, 2.45) is 0 Å². The van der Waals surface area contributed by atoms with E-state index in [1.165, 1.54) is 96.3 Å². The number of ether oxygens (including phenoxy) is 3. The first-order valence-corrected chi connectivity index (χ1v) is 21.0. The summed E-state index contributed by atoms with van der Waals surface area (Å²) in [7, 11) is 0. The lowest BCUT2D eigenvalue weighted by Gasteiger charge is -2.18. The number of carbonyl (C=O) groups is 3. The largest absolute Gasteiger partial charge is 0.462 e. The number of rotatable bonds is 37. The molecular weight excluding hydrogens is 624 g/mol. The lowest BCUT2D eigenvalue weighted by molar-refractivity contribution is -0.167. The highest BCUT2D eigenvalue weighted by molar-refractivity contribution is 5.71. The van der Waals surface area contributed by atoms with Gasteiger partial charge in [-0.25, -0.2) is 0 Å². The van der Waals surface area contributed by atoms with E-state index in [2.05, 4.69) is 57.2 Å². The van der Waals surface area contributed by atoms with Crippen LogP contribution in [0, 0.1) is 0 Å². The first-order valence-electron chi connectivity index (χ1n) is 21.0. The fourth-order valence-corrected chi connectivity index (χ4v) is 5.76. The zero-order chi connectivity index (χ0) is 36.6. The Kier molecular flexibility index (Phi) is 37.5. The molecule has 0 amide bonds. The van der Waals surface area contributed by atoms with Gasteiger partial charge in [-0.15, -0.1) is 0 Å². The SMILES string of the molecule is CC/C=C\C/C=C\C/C=C\CCCC(=O)OC(COC(=O)CCCCCCCCCCC)COC(=O)CCCCCCCCCCCCCC. The maximum absolute atomic E-state index is 12.6. The topological polar surface area (TPSA) is 78.9 Å².